The van der Waals surface area contributed by atoms with Crippen LogP contribution in [-0.2, 0) is 9.53 Å². The zero-order chi connectivity index (χ0) is 12.1. The maximum absolute atomic E-state index is 10.8. The van der Waals surface area contributed by atoms with Crippen LogP contribution >= 0.6 is 0 Å². The summed E-state index contributed by atoms with van der Waals surface area (Å²) in [6.07, 6.45) is 2.54. The standard InChI is InChI=1S/C12H22N2O3/c15-12(16)10-14(9-11-1-2-11)4-3-13-5-7-17-8-6-13/h11H,1-10H2,(H,15,16). The molecule has 0 unspecified atom stereocenters. The summed E-state index contributed by atoms with van der Waals surface area (Å²) in [5.74, 6) is 0.0340. The Morgan fingerprint density at radius 1 is 1.35 bits per heavy atom. The summed E-state index contributed by atoms with van der Waals surface area (Å²) < 4.78 is 5.30. The fraction of sp³-hybridized carbons (Fsp3) is 0.917. The van der Waals surface area contributed by atoms with E-state index in [-0.39, 0.29) is 6.54 Å². The highest BCUT2D eigenvalue weighted by Gasteiger charge is 2.25. The van der Waals surface area contributed by atoms with Crippen molar-refractivity contribution in [3.63, 3.8) is 0 Å². The average Bonchev–Trinajstić information content (AvgIpc) is 3.10. The van der Waals surface area contributed by atoms with Crippen molar-refractivity contribution in [2.45, 2.75) is 12.8 Å². The van der Waals surface area contributed by atoms with Crippen LogP contribution in [0.4, 0.5) is 0 Å². The summed E-state index contributed by atoms with van der Waals surface area (Å²) in [6, 6.07) is 0. The lowest BCUT2D eigenvalue weighted by molar-refractivity contribution is -0.138. The molecule has 0 amide bonds. The highest BCUT2D eigenvalue weighted by molar-refractivity contribution is 5.69. The van der Waals surface area contributed by atoms with Gasteiger partial charge in [-0.1, -0.05) is 0 Å². The molecular weight excluding hydrogens is 220 g/mol. The predicted octanol–water partition coefficient (Wildman–Crippen LogP) is 0.115. The van der Waals surface area contributed by atoms with Gasteiger partial charge in [-0.15, -0.1) is 0 Å². The van der Waals surface area contributed by atoms with E-state index in [2.05, 4.69) is 9.80 Å². The van der Waals surface area contributed by atoms with Crippen LogP contribution < -0.4 is 0 Å². The SMILES string of the molecule is O=C(O)CN(CCN1CCOCC1)CC1CC1. The van der Waals surface area contributed by atoms with Crippen molar-refractivity contribution in [1.82, 2.24) is 9.80 Å². The fourth-order valence-corrected chi connectivity index (χ4v) is 2.20. The molecule has 1 aliphatic carbocycles. The number of rotatable bonds is 7. The first kappa shape index (κ1) is 12.8. The number of carboxylic acids is 1. The molecule has 0 atom stereocenters. The summed E-state index contributed by atoms with van der Waals surface area (Å²) in [7, 11) is 0. The van der Waals surface area contributed by atoms with Crippen LogP contribution in [0.5, 0.6) is 0 Å². The number of nitrogens with zero attached hydrogens (tertiary/aromatic N) is 2. The molecule has 5 heteroatoms. The van der Waals surface area contributed by atoms with E-state index in [1.807, 2.05) is 0 Å². The normalized spacial score (nSPS) is 21.9. The molecule has 0 aromatic heterocycles. The first-order valence-corrected chi connectivity index (χ1v) is 6.48. The molecule has 0 aromatic carbocycles. The number of hydrogen-bond acceptors (Lipinski definition) is 4. The van der Waals surface area contributed by atoms with Gasteiger partial charge in [0.05, 0.1) is 19.8 Å². The van der Waals surface area contributed by atoms with Crippen molar-refractivity contribution in [1.29, 1.82) is 0 Å². The predicted molar refractivity (Wildman–Crippen MR) is 64.1 cm³/mol. The zero-order valence-electron chi connectivity index (χ0n) is 10.3. The Labute approximate surface area is 102 Å². The van der Waals surface area contributed by atoms with Gasteiger partial charge < -0.3 is 9.84 Å². The van der Waals surface area contributed by atoms with E-state index in [4.69, 9.17) is 9.84 Å². The molecule has 0 radical (unpaired) electrons. The fourth-order valence-electron chi connectivity index (χ4n) is 2.20. The van der Waals surface area contributed by atoms with E-state index >= 15 is 0 Å². The molecule has 2 fully saturated rings. The largest absolute Gasteiger partial charge is 0.480 e. The second-order valence-corrected chi connectivity index (χ2v) is 5.03. The second-order valence-electron chi connectivity index (χ2n) is 5.03. The molecule has 17 heavy (non-hydrogen) atoms. The monoisotopic (exact) mass is 242 g/mol. The van der Waals surface area contributed by atoms with Gasteiger partial charge in [-0.3, -0.25) is 14.6 Å². The van der Waals surface area contributed by atoms with Gasteiger partial charge in [0, 0.05) is 32.7 Å². The number of morpholine rings is 1. The molecule has 98 valence electrons. The number of ether oxygens (including phenoxy) is 1. The van der Waals surface area contributed by atoms with Crippen molar-refractivity contribution < 1.29 is 14.6 Å². The van der Waals surface area contributed by atoms with E-state index in [0.29, 0.717) is 0 Å². The Hall–Kier alpha value is -0.650. The van der Waals surface area contributed by atoms with E-state index in [0.717, 1.165) is 51.9 Å². The van der Waals surface area contributed by atoms with Gasteiger partial charge in [-0.2, -0.15) is 0 Å². The van der Waals surface area contributed by atoms with Gasteiger partial charge in [0.2, 0.25) is 0 Å². The molecule has 1 aliphatic heterocycles. The van der Waals surface area contributed by atoms with Crippen molar-refractivity contribution in [2.75, 3.05) is 52.5 Å². The van der Waals surface area contributed by atoms with Crippen LogP contribution in [0.2, 0.25) is 0 Å². The molecule has 0 bridgehead atoms. The topological polar surface area (TPSA) is 53.0 Å². The summed E-state index contributed by atoms with van der Waals surface area (Å²) in [5.41, 5.74) is 0. The number of aliphatic carboxylic acids is 1. The molecule has 1 heterocycles. The number of carbonyl (C=O) groups is 1. The van der Waals surface area contributed by atoms with Gasteiger partial charge in [0.1, 0.15) is 0 Å². The lowest BCUT2D eigenvalue weighted by atomic mass is 10.3. The molecule has 2 aliphatic rings. The minimum Gasteiger partial charge on any atom is -0.480 e. The van der Waals surface area contributed by atoms with Crippen LogP contribution in [0.1, 0.15) is 12.8 Å². The molecule has 1 saturated heterocycles. The van der Waals surface area contributed by atoms with E-state index in [1.165, 1.54) is 12.8 Å². The molecule has 0 aromatic rings. The Morgan fingerprint density at radius 3 is 2.65 bits per heavy atom. The Balaban J connectivity index is 1.68. The minimum atomic E-state index is -0.715. The summed E-state index contributed by atoms with van der Waals surface area (Å²) in [4.78, 5) is 15.2. The third-order valence-corrected chi connectivity index (χ3v) is 3.41. The quantitative estimate of drug-likeness (QED) is 0.687. The Bertz CT molecular complexity index is 250. The molecular formula is C12H22N2O3. The Kier molecular flexibility index (Phi) is 4.76. The van der Waals surface area contributed by atoms with Crippen LogP contribution in [0.3, 0.4) is 0 Å². The summed E-state index contributed by atoms with van der Waals surface area (Å²) >= 11 is 0. The Morgan fingerprint density at radius 2 is 2.06 bits per heavy atom. The van der Waals surface area contributed by atoms with Gasteiger partial charge in [0.15, 0.2) is 0 Å². The number of hydrogen-bond donors (Lipinski definition) is 1. The van der Waals surface area contributed by atoms with E-state index in [1.54, 1.807) is 0 Å². The smallest absolute Gasteiger partial charge is 0.317 e. The maximum Gasteiger partial charge on any atom is 0.317 e. The van der Waals surface area contributed by atoms with E-state index < -0.39 is 5.97 Å². The minimum absolute atomic E-state index is 0.181. The zero-order valence-corrected chi connectivity index (χ0v) is 10.3. The van der Waals surface area contributed by atoms with E-state index in [9.17, 15) is 4.79 Å². The number of carboxylic acid groups (broad SMARTS) is 1. The first-order chi connectivity index (χ1) is 8.24. The van der Waals surface area contributed by atoms with Crippen LogP contribution in [-0.4, -0.2) is 73.4 Å². The first-order valence-electron chi connectivity index (χ1n) is 6.48. The second kappa shape index (κ2) is 6.33. The highest BCUT2D eigenvalue weighted by Crippen LogP contribution is 2.29. The lowest BCUT2D eigenvalue weighted by Crippen LogP contribution is -2.43. The average molecular weight is 242 g/mol. The highest BCUT2D eigenvalue weighted by atomic mass is 16.5. The van der Waals surface area contributed by atoms with Crippen LogP contribution in [0.25, 0.3) is 0 Å². The van der Waals surface area contributed by atoms with Crippen molar-refractivity contribution in [3.8, 4) is 0 Å². The summed E-state index contributed by atoms with van der Waals surface area (Å²) in [5, 5.41) is 8.88. The van der Waals surface area contributed by atoms with Gasteiger partial charge >= 0.3 is 5.97 Å². The van der Waals surface area contributed by atoms with Crippen LogP contribution in [0, 0.1) is 5.92 Å². The molecule has 0 spiro atoms. The van der Waals surface area contributed by atoms with Gasteiger partial charge in [0.25, 0.3) is 0 Å². The lowest BCUT2D eigenvalue weighted by Gasteiger charge is -2.29. The molecule has 2 rings (SSSR count). The van der Waals surface area contributed by atoms with Gasteiger partial charge in [-0.05, 0) is 18.8 Å². The molecule has 1 N–H and O–H groups in total. The maximum atomic E-state index is 10.8. The van der Waals surface area contributed by atoms with Crippen molar-refractivity contribution in [2.24, 2.45) is 5.92 Å². The molecule has 5 nitrogen and oxygen atoms in total. The summed E-state index contributed by atoms with van der Waals surface area (Å²) in [6.45, 7) is 6.53. The van der Waals surface area contributed by atoms with Gasteiger partial charge in [-0.25, -0.2) is 0 Å². The molecule has 1 saturated carbocycles. The van der Waals surface area contributed by atoms with Crippen molar-refractivity contribution in [3.05, 3.63) is 0 Å². The van der Waals surface area contributed by atoms with Crippen molar-refractivity contribution >= 4 is 5.97 Å². The van der Waals surface area contributed by atoms with Crippen LogP contribution in [0.15, 0.2) is 0 Å². The third kappa shape index (κ3) is 5.02. The third-order valence-electron chi connectivity index (χ3n) is 3.41.